The summed E-state index contributed by atoms with van der Waals surface area (Å²) in [6.45, 7) is 0. The van der Waals surface area contributed by atoms with E-state index >= 15 is 0 Å². The molecule has 0 heterocycles. The molecule has 28 heavy (non-hydrogen) atoms. The SMILES string of the molecule is FC(F)(F)c1ccc(C(F)(F)F)cc1.FC(F)(F)c1cccc(C(F)(F)F)c1. The highest BCUT2D eigenvalue weighted by atomic mass is 19.4. The molecule has 2 rings (SSSR count). The van der Waals surface area contributed by atoms with Crippen molar-refractivity contribution in [2.75, 3.05) is 0 Å². The number of benzene rings is 2. The van der Waals surface area contributed by atoms with Crippen molar-refractivity contribution in [3.8, 4) is 0 Å². The van der Waals surface area contributed by atoms with Crippen molar-refractivity contribution in [3.63, 3.8) is 0 Å². The maximum Gasteiger partial charge on any atom is 0.416 e. The number of hydrogen-bond acceptors (Lipinski definition) is 0. The molecule has 0 aromatic heterocycles. The van der Waals surface area contributed by atoms with E-state index in [1.807, 2.05) is 0 Å². The Labute approximate surface area is 149 Å². The standard InChI is InChI=1S/2C8H4F6/c9-7(10,11)5-1-2-6(4-3-5)8(12,13)14;9-7(10,11)5-2-1-3-6(4-5)8(12,13)14/h2*1-4H. The lowest BCUT2D eigenvalue weighted by Crippen LogP contribution is -2.09. The lowest BCUT2D eigenvalue weighted by atomic mass is 10.1. The zero-order valence-electron chi connectivity index (χ0n) is 13.2. The molecule has 0 spiro atoms. The highest BCUT2D eigenvalue weighted by Crippen LogP contribution is 2.35. The molecule has 0 radical (unpaired) electrons. The fourth-order valence-electron chi connectivity index (χ4n) is 1.72. The van der Waals surface area contributed by atoms with Gasteiger partial charge in [-0.2, -0.15) is 52.7 Å². The number of halogens is 12. The van der Waals surface area contributed by atoms with Crippen LogP contribution in [-0.2, 0) is 24.7 Å². The molecule has 0 N–H and O–H groups in total. The minimum Gasteiger partial charge on any atom is -0.166 e. The monoisotopic (exact) mass is 428 g/mol. The van der Waals surface area contributed by atoms with Crippen LogP contribution in [0.25, 0.3) is 0 Å². The van der Waals surface area contributed by atoms with Gasteiger partial charge in [0.2, 0.25) is 0 Å². The minimum absolute atomic E-state index is 0.0833. The predicted octanol–water partition coefficient (Wildman–Crippen LogP) is 7.45. The van der Waals surface area contributed by atoms with Gasteiger partial charge in [-0.15, -0.1) is 0 Å². The molecule has 0 unspecified atom stereocenters. The van der Waals surface area contributed by atoms with E-state index in [2.05, 4.69) is 0 Å². The summed E-state index contributed by atoms with van der Waals surface area (Å²) in [5, 5.41) is 0. The Morgan fingerprint density at radius 2 is 0.607 bits per heavy atom. The quantitative estimate of drug-likeness (QED) is 0.383. The second kappa shape index (κ2) is 7.92. The van der Waals surface area contributed by atoms with Gasteiger partial charge in [-0.05, 0) is 42.5 Å². The molecular weight excluding hydrogens is 420 g/mol. The lowest BCUT2D eigenvalue weighted by molar-refractivity contribution is -0.143. The second-order valence-corrected chi connectivity index (χ2v) is 5.15. The number of alkyl halides is 12. The van der Waals surface area contributed by atoms with Crippen molar-refractivity contribution in [2.45, 2.75) is 24.7 Å². The van der Waals surface area contributed by atoms with Crippen LogP contribution in [0.3, 0.4) is 0 Å². The molecule has 2 aromatic rings. The Morgan fingerprint density at radius 1 is 0.357 bits per heavy atom. The molecular formula is C16H8F12. The third-order valence-electron chi connectivity index (χ3n) is 3.06. The summed E-state index contributed by atoms with van der Waals surface area (Å²) in [5.41, 5.74) is -4.78. The van der Waals surface area contributed by atoms with Crippen molar-refractivity contribution < 1.29 is 52.7 Å². The molecule has 0 saturated carbocycles. The van der Waals surface area contributed by atoms with Crippen molar-refractivity contribution in [2.24, 2.45) is 0 Å². The molecule has 0 amide bonds. The summed E-state index contributed by atoms with van der Waals surface area (Å²) in [4.78, 5) is 0. The maximum absolute atomic E-state index is 12.0. The highest BCUT2D eigenvalue weighted by molar-refractivity contribution is 5.27. The summed E-state index contributed by atoms with van der Waals surface area (Å²) in [6.07, 6.45) is -18.7. The zero-order chi connectivity index (χ0) is 22.0. The molecule has 0 bridgehead atoms. The molecule has 0 atom stereocenters. The Balaban J connectivity index is 0.000000280. The van der Waals surface area contributed by atoms with Crippen LogP contribution in [0.5, 0.6) is 0 Å². The van der Waals surface area contributed by atoms with Crippen molar-refractivity contribution >= 4 is 0 Å². The van der Waals surface area contributed by atoms with Gasteiger partial charge < -0.3 is 0 Å². The van der Waals surface area contributed by atoms with E-state index in [-0.39, 0.29) is 6.07 Å². The molecule has 156 valence electrons. The van der Waals surface area contributed by atoms with Crippen LogP contribution in [0.1, 0.15) is 22.3 Å². The van der Waals surface area contributed by atoms with Gasteiger partial charge in [0, 0.05) is 0 Å². The van der Waals surface area contributed by atoms with E-state index in [9.17, 15) is 52.7 Å². The van der Waals surface area contributed by atoms with Crippen molar-refractivity contribution in [3.05, 3.63) is 70.8 Å². The minimum atomic E-state index is -4.75. The smallest absolute Gasteiger partial charge is 0.166 e. The molecule has 12 heteroatoms. The van der Waals surface area contributed by atoms with Crippen molar-refractivity contribution in [1.29, 1.82) is 0 Å². The van der Waals surface area contributed by atoms with Crippen LogP contribution in [0.2, 0.25) is 0 Å². The van der Waals surface area contributed by atoms with Gasteiger partial charge >= 0.3 is 24.7 Å². The fourth-order valence-corrected chi connectivity index (χ4v) is 1.72. The molecule has 0 aliphatic rings. The van der Waals surface area contributed by atoms with Gasteiger partial charge in [-0.25, -0.2) is 0 Å². The zero-order valence-corrected chi connectivity index (χ0v) is 13.2. The first kappa shape index (κ1) is 23.6. The van der Waals surface area contributed by atoms with Crippen LogP contribution in [-0.4, -0.2) is 0 Å². The number of hydrogen-bond donors (Lipinski definition) is 0. The molecule has 0 aliphatic carbocycles. The van der Waals surface area contributed by atoms with E-state index in [0.29, 0.717) is 36.4 Å². The van der Waals surface area contributed by atoms with Gasteiger partial charge in [-0.1, -0.05) is 6.07 Å². The summed E-state index contributed by atoms with van der Waals surface area (Å²) >= 11 is 0. The first-order chi connectivity index (χ1) is 12.4. The van der Waals surface area contributed by atoms with Crippen LogP contribution in [0.4, 0.5) is 52.7 Å². The van der Waals surface area contributed by atoms with Crippen LogP contribution in [0, 0.1) is 0 Å². The van der Waals surface area contributed by atoms with E-state index in [1.165, 1.54) is 0 Å². The van der Waals surface area contributed by atoms with Gasteiger partial charge in [0.25, 0.3) is 0 Å². The summed E-state index contributed by atoms with van der Waals surface area (Å²) in [7, 11) is 0. The third-order valence-corrected chi connectivity index (χ3v) is 3.06. The average Bonchev–Trinajstić information content (AvgIpc) is 2.52. The fraction of sp³-hybridized carbons (Fsp3) is 0.250. The van der Waals surface area contributed by atoms with Gasteiger partial charge in [0.1, 0.15) is 0 Å². The maximum atomic E-state index is 12.0. The second-order valence-electron chi connectivity index (χ2n) is 5.15. The van der Waals surface area contributed by atoms with Gasteiger partial charge in [0.15, 0.2) is 0 Å². The normalized spacial score (nSPS) is 13.0. The first-order valence-electron chi connectivity index (χ1n) is 6.91. The van der Waals surface area contributed by atoms with E-state index in [1.54, 1.807) is 0 Å². The largest absolute Gasteiger partial charge is 0.416 e. The Bertz CT molecular complexity index is 698. The molecule has 0 aliphatic heterocycles. The van der Waals surface area contributed by atoms with Crippen LogP contribution < -0.4 is 0 Å². The predicted molar refractivity (Wildman–Crippen MR) is 72.9 cm³/mol. The highest BCUT2D eigenvalue weighted by Gasteiger charge is 2.36. The van der Waals surface area contributed by atoms with E-state index < -0.39 is 47.0 Å². The molecule has 2 aromatic carbocycles. The van der Waals surface area contributed by atoms with E-state index in [0.717, 1.165) is 6.07 Å². The first-order valence-corrected chi connectivity index (χ1v) is 6.91. The average molecular weight is 428 g/mol. The Morgan fingerprint density at radius 3 is 0.821 bits per heavy atom. The number of rotatable bonds is 0. The lowest BCUT2D eigenvalue weighted by Gasteiger charge is -2.10. The Hall–Kier alpha value is -2.40. The molecule has 0 fully saturated rings. The molecule has 0 saturated heterocycles. The summed E-state index contributed by atoms with van der Waals surface area (Å²) in [5.74, 6) is 0. The molecule has 0 nitrogen and oxygen atoms in total. The van der Waals surface area contributed by atoms with Crippen molar-refractivity contribution in [1.82, 2.24) is 0 Å². The van der Waals surface area contributed by atoms with Crippen LogP contribution in [0.15, 0.2) is 48.5 Å². The summed E-state index contributed by atoms with van der Waals surface area (Å²) < 4.78 is 144. The van der Waals surface area contributed by atoms with Gasteiger partial charge in [0.05, 0.1) is 22.3 Å². The van der Waals surface area contributed by atoms with Crippen LogP contribution >= 0.6 is 0 Å². The van der Waals surface area contributed by atoms with E-state index in [4.69, 9.17) is 0 Å². The van der Waals surface area contributed by atoms with Gasteiger partial charge in [-0.3, -0.25) is 0 Å². The Kier molecular flexibility index (Phi) is 6.68. The topological polar surface area (TPSA) is 0 Å². The third kappa shape index (κ3) is 6.97. The summed E-state index contributed by atoms with van der Waals surface area (Å²) in [6, 6.07) is 3.62.